The molecule has 1 atom stereocenters. The average Bonchev–Trinajstić information content (AvgIpc) is 2.73. The second-order valence-corrected chi connectivity index (χ2v) is 7.52. The molecule has 1 unspecified atom stereocenters. The van der Waals surface area contributed by atoms with Gasteiger partial charge in [0.1, 0.15) is 5.75 Å². The first-order valence-electron chi connectivity index (χ1n) is 10.0. The SMILES string of the molecule is O=C(O)CCNC(=O)c1ccc(C(CCC(F)(F)F)c2ccc3cc(O)ccc3c2)cc1. The highest BCUT2D eigenvalue weighted by atomic mass is 19.4. The van der Waals surface area contributed by atoms with Crippen LogP contribution in [0.2, 0.25) is 0 Å². The Morgan fingerprint density at radius 1 is 0.906 bits per heavy atom. The van der Waals surface area contributed by atoms with Crippen LogP contribution in [0.25, 0.3) is 10.8 Å². The predicted octanol–water partition coefficient (Wildman–Crippen LogP) is 5.22. The van der Waals surface area contributed by atoms with Gasteiger partial charge in [0.05, 0.1) is 6.42 Å². The summed E-state index contributed by atoms with van der Waals surface area (Å²) in [6.07, 6.45) is -5.62. The lowest BCUT2D eigenvalue weighted by atomic mass is 9.86. The fourth-order valence-corrected chi connectivity index (χ4v) is 3.55. The molecule has 0 heterocycles. The molecule has 0 saturated heterocycles. The first-order chi connectivity index (χ1) is 15.1. The average molecular weight is 445 g/mol. The lowest BCUT2D eigenvalue weighted by molar-refractivity contribution is -0.137. The second-order valence-electron chi connectivity index (χ2n) is 7.52. The minimum absolute atomic E-state index is 0.0171. The lowest BCUT2D eigenvalue weighted by Crippen LogP contribution is -2.25. The third kappa shape index (κ3) is 6.23. The summed E-state index contributed by atoms with van der Waals surface area (Å²) < 4.78 is 38.9. The van der Waals surface area contributed by atoms with Crippen LogP contribution in [0.4, 0.5) is 13.2 Å². The number of carboxylic acids is 1. The van der Waals surface area contributed by atoms with Crippen molar-refractivity contribution in [1.82, 2.24) is 5.32 Å². The van der Waals surface area contributed by atoms with E-state index in [2.05, 4.69) is 5.32 Å². The molecule has 0 bridgehead atoms. The molecule has 8 heteroatoms. The molecule has 0 radical (unpaired) electrons. The maximum atomic E-state index is 13.0. The Morgan fingerprint density at radius 2 is 1.53 bits per heavy atom. The number of phenols is 1. The number of aliphatic carboxylic acids is 1. The van der Waals surface area contributed by atoms with E-state index in [1.807, 2.05) is 6.07 Å². The van der Waals surface area contributed by atoms with Crippen LogP contribution in [0.1, 0.15) is 46.7 Å². The van der Waals surface area contributed by atoms with Crippen molar-refractivity contribution in [3.05, 3.63) is 77.4 Å². The van der Waals surface area contributed by atoms with E-state index in [1.165, 1.54) is 18.2 Å². The number of carbonyl (C=O) groups is 2. The van der Waals surface area contributed by atoms with Crippen LogP contribution in [0.15, 0.2) is 60.7 Å². The summed E-state index contributed by atoms with van der Waals surface area (Å²) >= 11 is 0. The van der Waals surface area contributed by atoms with E-state index < -0.39 is 30.4 Å². The molecule has 3 aromatic rings. The number of carboxylic acid groups (broad SMARTS) is 1. The van der Waals surface area contributed by atoms with Gasteiger partial charge in [0.15, 0.2) is 0 Å². The maximum Gasteiger partial charge on any atom is 0.389 e. The van der Waals surface area contributed by atoms with Crippen molar-refractivity contribution in [2.45, 2.75) is 31.4 Å². The van der Waals surface area contributed by atoms with Crippen LogP contribution < -0.4 is 5.32 Å². The van der Waals surface area contributed by atoms with E-state index in [-0.39, 0.29) is 25.1 Å². The molecule has 3 aromatic carbocycles. The Balaban J connectivity index is 1.86. The van der Waals surface area contributed by atoms with Crippen molar-refractivity contribution in [1.29, 1.82) is 0 Å². The monoisotopic (exact) mass is 445 g/mol. The number of aromatic hydroxyl groups is 1. The fourth-order valence-electron chi connectivity index (χ4n) is 3.55. The van der Waals surface area contributed by atoms with E-state index in [4.69, 9.17) is 5.11 Å². The van der Waals surface area contributed by atoms with Gasteiger partial charge in [-0.05, 0) is 52.6 Å². The topological polar surface area (TPSA) is 86.6 Å². The van der Waals surface area contributed by atoms with Gasteiger partial charge in [0, 0.05) is 24.4 Å². The Hall–Kier alpha value is -3.55. The third-order valence-electron chi connectivity index (χ3n) is 5.17. The molecule has 3 N–H and O–H groups in total. The summed E-state index contributed by atoms with van der Waals surface area (Å²) in [5, 5.41) is 22.3. The number of phenolic OH excluding ortho intramolecular Hbond substituents is 1. The molecule has 0 spiro atoms. The quantitative estimate of drug-likeness (QED) is 0.444. The standard InChI is InChI=1S/C24H22F3NO4/c25-24(26,27)11-9-21(19-6-5-18-14-20(29)8-7-17(18)13-19)15-1-3-16(4-2-15)23(32)28-12-10-22(30)31/h1-8,13-14,21,29H,9-12H2,(H,28,32)(H,30,31). The molecule has 168 valence electrons. The molecule has 32 heavy (non-hydrogen) atoms. The molecule has 0 saturated carbocycles. The lowest BCUT2D eigenvalue weighted by Gasteiger charge is -2.20. The predicted molar refractivity (Wildman–Crippen MR) is 114 cm³/mol. The number of hydrogen-bond donors (Lipinski definition) is 3. The van der Waals surface area contributed by atoms with Crippen molar-refractivity contribution in [3.8, 4) is 5.75 Å². The Morgan fingerprint density at radius 3 is 2.19 bits per heavy atom. The molecule has 0 aromatic heterocycles. The largest absolute Gasteiger partial charge is 0.508 e. The van der Waals surface area contributed by atoms with Crippen LogP contribution in [0.3, 0.4) is 0 Å². The Labute approximate surface area is 182 Å². The number of alkyl halides is 3. The summed E-state index contributed by atoms with van der Waals surface area (Å²) in [7, 11) is 0. The molecule has 0 fully saturated rings. The second kappa shape index (κ2) is 9.72. The number of rotatable bonds is 8. The van der Waals surface area contributed by atoms with Crippen molar-refractivity contribution in [3.63, 3.8) is 0 Å². The summed E-state index contributed by atoms with van der Waals surface area (Å²) in [5.74, 6) is -1.91. The van der Waals surface area contributed by atoms with Gasteiger partial charge in [-0.15, -0.1) is 0 Å². The van der Waals surface area contributed by atoms with Crippen LogP contribution in [0, 0.1) is 0 Å². The summed E-state index contributed by atoms with van der Waals surface area (Å²) in [5.41, 5.74) is 1.63. The highest BCUT2D eigenvalue weighted by Crippen LogP contribution is 2.35. The van der Waals surface area contributed by atoms with Crippen molar-refractivity contribution < 1.29 is 33.0 Å². The van der Waals surface area contributed by atoms with Gasteiger partial charge in [0.2, 0.25) is 0 Å². The van der Waals surface area contributed by atoms with Crippen molar-refractivity contribution in [2.24, 2.45) is 0 Å². The van der Waals surface area contributed by atoms with Crippen LogP contribution in [0.5, 0.6) is 5.75 Å². The molecule has 0 aliphatic heterocycles. The highest BCUT2D eigenvalue weighted by Gasteiger charge is 2.29. The normalized spacial score (nSPS) is 12.5. The number of halogens is 3. The Kier molecular flexibility index (Phi) is 7.02. The summed E-state index contributed by atoms with van der Waals surface area (Å²) in [6.45, 7) is -0.0171. The van der Waals surface area contributed by atoms with Gasteiger partial charge < -0.3 is 15.5 Å². The van der Waals surface area contributed by atoms with E-state index >= 15 is 0 Å². The number of carbonyl (C=O) groups excluding carboxylic acids is 1. The third-order valence-corrected chi connectivity index (χ3v) is 5.17. The zero-order chi connectivity index (χ0) is 23.3. The van der Waals surface area contributed by atoms with Crippen LogP contribution in [-0.4, -0.2) is 34.8 Å². The maximum absolute atomic E-state index is 13.0. The molecule has 0 aliphatic carbocycles. The number of amides is 1. The van der Waals surface area contributed by atoms with Crippen molar-refractivity contribution >= 4 is 22.6 Å². The summed E-state index contributed by atoms with van der Waals surface area (Å²) in [4.78, 5) is 22.7. The van der Waals surface area contributed by atoms with E-state index in [0.29, 0.717) is 16.7 Å². The minimum Gasteiger partial charge on any atom is -0.508 e. The smallest absolute Gasteiger partial charge is 0.389 e. The number of benzene rings is 3. The Bertz CT molecular complexity index is 1110. The molecule has 0 aliphatic rings. The van der Waals surface area contributed by atoms with Gasteiger partial charge in [-0.25, -0.2) is 0 Å². The minimum atomic E-state index is -4.30. The van der Waals surface area contributed by atoms with E-state index in [0.717, 1.165) is 10.8 Å². The molecule has 5 nitrogen and oxygen atoms in total. The molecule has 3 rings (SSSR count). The van der Waals surface area contributed by atoms with E-state index in [9.17, 15) is 27.9 Å². The molecular weight excluding hydrogens is 423 g/mol. The number of nitrogens with one attached hydrogen (secondary N) is 1. The van der Waals surface area contributed by atoms with Gasteiger partial charge in [-0.2, -0.15) is 13.2 Å². The zero-order valence-electron chi connectivity index (χ0n) is 17.0. The summed E-state index contributed by atoms with van der Waals surface area (Å²) in [6, 6.07) is 16.4. The molecule has 1 amide bonds. The highest BCUT2D eigenvalue weighted by molar-refractivity contribution is 5.94. The number of hydrogen-bond acceptors (Lipinski definition) is 3. The van der Waals surface area contributed by atoms with Gasteiger partial charge >= 0.3 is 12.1 Å². The number of fused-ring (bicyclic) bond motifs is 1. The van der Waals surface area contributed by atoms with Gasteiger partial charge in [-0.1, -0.05) is 36.4 Å². The first-order valence-corrected chi connectivity index (χ1v) is 10.0. The van der Waals surface area contributed by atoms with Gasteiger partial charge in [0.25, 0.3) is 5.91 Å². The van der Waals surface area contributed by atoms with Gasteiger partial charge in [-0.3, -0.25) is 9.59 Å². The van der Waals surface area contributed by atoms with Crippen LogP contribution in [-0.2, 0) is 4.79 Å². The first kappa shape index (κ1) is 23.1. The molecular formula is C24H22F3NO4. The fraction of sp³-hybridized carbons (Fsp3) is 0.250. The van der Waals surface area contributed by atoms with Crippen LogP contribution >= 0.6 is 0 Å². The zero-order valence-corrected chi connectivity index (χ0v) is 17.0. The van der Waals surface area contributed by atoms with E-state index in [1.54, 1.807) is 36.4 Å². The van der Waals surface area contributed by atoms with Crippen molar-refractivity contribution in [2.75, 3.05) is 6.54 Å².